The third-order valence-electron chi connectivity index (χ3n) is 5.04. The summed E-state index contributed by atoms with van der Waals surface area (Å²) in [5.74, 6) is -0.0996. The van der Waals surface area contributed by atoms with Gasteiger partial charge in [0.05, 0.1) is 11.7 Å². The number of hydrogen-bond acceptors (Lipinski definition) is 4. The first kappa shape index (κ1) is 17.7. The average Bonchev–Trinajstić information content (AvgIpc) is 3.15. The lowest BCUT2D eigenvalue weighted by Gasteiger charge is -2.34. The number of methoxy groups -OCH3 is 1. The molecule has 3 aromatic rings. The molecule has 0 unspecified atom stereocenters. The fourth-order valence-corrected chi connectivity index (χ4v) is 3.82. The van der Waals surface area contributed by atoms with Crippen LogP contribution in [-0.4, -0.2) is 47.4 Å². The molecule has 2 heterocycles. The molecule has 1 amide bonds. The fraction of sp³-hybridized carbons (Fsp3) is 0.333. The van der Waals surface area contributed by atoms with E-state index in [2.05, 4.69) is 63.8 Å². The second kappa shape index (κ2) is 7.90. The summed E-state index contributed by atoms with van der Waals surface area (Å²) in [5.41, 5.74) is 2.50. The van der Waals surface area contributed by atoms with Crippen LogP contribution in [0, 0.1) is 0 Å². The van der Waals surface area contributed by atoms with E-state index in [1.807, 2.05) is 10.9 Å². The molecule has 0 aliphatic carbocycles. The maximum atomic E-state index is 11.8. The van der Waals surface area contributed by atoms with E-state index in [1.165, 1.54) is 29.1 Å². The summed E-state index contributed by atoms with van der Waals surface area (Å²) in [5, 5.41) is 9.97. The highest BCUT2D eigenvalue weighted by atomic mass is 16.5. The number of hydrogen-bond donors (Lipinski definition) is 1. The minimum atomic E-state index is -0.0996. The van der Waals surface area contributed by atoms with Crippen molar-refractivity contribution in [2.75, 3.05) is 26.8 Å². The molecule has 0 radical (unpaired) electrons. The molecule has 0 spiro atoms. The fourth-order valence-electron chi connectivity index (χ4n) is 3.82. The maximum Gasteiger partial charge on any atom is 0.246 e. The lowest BCUT2D eigenvalue weighted by atomic mass is 10.0. The monoisotopic (exact) mass is 364 g/mol. The SMILES string of the molecule is COCC(=O)NC[C@@H]1CN(Cc2cccc3ccccc23)Cc2ccnn21. The molecule has 4 rings (SSSR count). The number of ether oxygens (including phenoxy) is 1. The highest BCUT2D eigenvalue weighted by Gasteiger charge is 2.26. The normalized spacial score (nSPS) is 17.0. The van der Waals surface area contributed by atoms with Crippen LogP contribution in [0.25, 0.3) is 10.8 Å². The number of carbonyl (C=O) groups excluding carboxylic acids is 1. The van der Waals surface area contributed by atoms with Crippen molar-refractivity contribution in [1.29, 1.82) is 0 Å². The summed E-state index contributed by atoms with van der Waals surface area (Å²) in [6, 6.07) is 17.1. The van der Waals surface area contributed by atoms with E-state index in [0.717, 1.165) is 19.6 Å². The van der Waals surface area contributed by atoms with Crippen molar-refractivity contribution < 1.29 is 9.53 Å². The van der Waals surface area contributed by atoms with Gasteiger partial charge in [-0.05, 0) is 22.4 Å². The molecule has 1 aliphatic rings. The van der Waals surface area contributed by atoms with Gasteiger partial charge in [-0.3, -0.25) is 14.4 Å². The van der Waals surface area contributed by atoms with Gasteiger partial charge in [0.25, 0.3) is 0 Å². The Morgan fingerprint density at radius 1 is 1.22 bits per heavy atom. The molecule has 140 valence electrons. The molecule has 1 aliphatic heterocycles. The number of benzene rings is 2. The first-order valence-electron chi connectivity index (χ1n) is 9.21. The van der Waals surface area contributed by atoms with Gasteiger partial charge in [0.1, 0.15) is 6.61 Å². The van der Waals surface area contributed by atoms with E-state index < -0.39 is 0 Å². The predicted molar refractivity (Wildman–Crippen MR) is 104 cm³/mol. The molecule has 0 bridgehead atoms. The lowest BCUT2D eigenvalue weighted by molar-refractivity contribution is -0.124. The number of rotatable bonds is 6. The zero-order chi connectivity index (χ0) is 18.6. The van der Waals surface area contributed by atoms with Crippen molar-refractivity contribution in [1.82, 2.24) is 20.0 Å². The third-order valence-corrected chi connectivity index (χ3v) is 5.04. The van der Waals surface area contributed by atoms with Crippen molar-refractivity contribution in [3.8, 4) is 0 Å². The molecule has 6 nitrogen and oxygen atoms in total. The molecule has 6 heteroatoms. The van der Waals surface area contributed by atoms with Crippen molar-refractivity contribution in [2.24, 2.45) is 0 Å². The number of carbonyl (C=O) groups is 1. The zero-order valence-electron chi connectivity index (χ0n) is 15.5. The Bertz CT molecular complexity index is 931. The molecule has 1 aromatic heterocycles. The first-order chi connectivity index (χ1) is 13.2. The molecule has 27 heavy (non-hydrogen) atoms. The molecular formula is C21H24N4O2. The summed E-state index contributed by atoms with van der Waals surface area (Å²) in [4.78, 5) is 14.2. The summed E-state index contributed by atoms with van der Waals surface area (Å²) in [7, 11) is 1.53. The highest BCUT2D eigenvalue weighted by molar-refractivity contribution is 5.85. The topological polar surface area (TPSA) is 59.4 Å². The predicted octanol–water partition coefficient (Wildman–Crippen LogP) is 2.36. The second-order valence-electron chi connectivity index (χ2n) is 6.97. The second-order valence-corrected chi connectivity index (χ2v) is 6.97. The van der Waals surface area contributed by atoms with E-state index in [0.29, 0.717) is 6.54 Å². The zero-order valence-corrected chi connectivity index (χ0v) is 15.5. The van der Waals surface area contributed by atoms with Crippen LogP contribution in [0.3, 0.4) is 0 Å². The van der Waals surface area contributed by atoms with Crippen LogP contribution in [0.4, 0.5) is 0 Å². The van der Waals surface area contributed by atoms with Crippen LogP contribution in [0.1, 0.15) is 17.3 Å². The van der Waals surface area contributed by atoms with Crippen molar-refractivity contribution in [2.45, 2.75) is 19.1 Å². The first-order valence-corrected chi connectivity index (χ1v) is 9.21. The summed E-state index contributed by atoms with van der Waals surface area (Å²) >= 11 is 0. The van der Waals surface area contributed by atoms with E-state index in [9.17, 15) is 4.79 Å². The average molecular weight is 364 g/mol. The smallest absolute Gasteiger partial charge is 0.246 e. The van der Waals surface area contributed by atoms with Crippen molar-refractivity contribution in [3.63, 3.8) is 0 Å². The van der Waals surface area contributed by atoms with Crippen LogP contribution in [0.5, 0.6) is 0 Å². The number of aromatic nitrogens is 2. The van der Waals surface area contributed by atoms with Crippen molar-refractivity contribution >= 4 is 16.7 Å². The van der Waals surface area contributed by atoms with Gasteiger partial charge in [-0.2, -0.15) is 5.10 Å². The number of fused-ring (bicyclic) bond motifs is 2. The van der Waals surface area contributed by atoms with Crippen LogP contribution < -0.4 is 5.32 Å². The van der Waals surface area contributed by atoms with Gasteiger partial charge in [0.15, 0.2) is 0 Å². The molecule has 1 atom stereocenters. The van der Waals surface area contributed by atoms with Crippen LogP contribution in [0.15, 0.2) is 54.7 Å². The standard InChI is InChI=1S/C21H24N4O2/c1-27-15-21(26)22-11-19-14-24(13-18-9-10-23-25(18)19)12-17-7-4-6-16-5-2-3-8-20(16)17/h2-10,19H,11-15H2,1H3,(H,22,26)/t19-/m1/s1. The quantitative estimate of drug-likeness (QED) is 0.729. The molecule has 0 saturated carbocycles. The third kappa shape index (κ3) is 3.86. The molecule has 2 aromatic carbocycles. The number of amides is 1. The Labute approximate surface area is 158 Å². The Hall–Kier alpha value is -2.70. The molecule has 1 N–H and O–H groups in total. The van der Waals surface area contributed by atoms with E-state index in [4.69, 9.17) is 4.74 Å². The maximum absolute atomic E-state index is 11.8. The van der Waals surface area contributed by atoms with E-state index in [-0.39, 0.29) is 18.6 Å². The van der Waals surface area contributed by atoms with Gasteiger partial charge >= 0.3 is 0 Å². The Morgan fingerprint density at radius 2 is 2.07 bits per heavy atom. The van der Waals surface area contributed by atoms with Crippen molar-refractivity contribution in [3.05, 3.63) is 66.0 Å². The summed E-state index contributed by atoms with van der Waals surface area (Å²) in [6.45, 7) is 3.19. The summed E-state index contributed by atoms with van der Waals surface area (Å²) in [6.07, 6.45) is 1.83. The minimum Gasteiger partial charge on any atom is -0.375 e. The summed E-state index contributed by atoms with van der Waals surface area (Å²) < 4.78 is 6.93. The van der Waals surface area contributed by atoms with Gasteiger partial charge in [-0.1, -0.05) is 42.5 Å². The van der Waals surface area contributed by atoms with Crippen LogP contribution in [-0.2, 0) is 22.6 Å². The number of nitrogens with zero attached hydrogens (tertiary/aromatic N) is 3. The van der Waals surface area contributed by atoms with Gasteiger partial charge in [-0.15, -0.1) is 0 Å². The molecular weight excluding hydrogens is 340 g/mol. The Kier molecular flexibility index (Phi) is 5.18. The molecule has 0 saturated heterocycles. The highest BCUT2D eigenvalue weighted by Crippen LogP contribution is 2.25. The Balaban J connectivity index is 1.51. The van der Waals surface area contributed by atoms with Gasteiger partial charge in [-0.25, -0.2) is 0 Å². The van der Waals surface area contributed by atoms with Gasteiger partial charge in [0, 0.05) is 39.5 Å². The van der Waals surface area contributed by atoms with Gasteiger partial charge < -0.3 is 10.1 Å². The van der Waals surface area contributed by atoms with E-state index >= 15 is 0 Å². The largest absolute Gasteiger partial charge is 0.375 e. The van der Waals surface area contributed by atoms with Gasteiger partial charge in [0.2, 0.25) is 5.91 Å². The minimum absolute atomic E-state index is 0.0817. The lowest BCUT2D eigenvalue weighted by Crippen LogP contribution is -2.43. The van der Waals surface area contributed by atoms with Crippen LogP contribution in [0.2, 0.25) is 0 Å². The van der Waals surface area contributed by atoms with E-state index in [1.54, 1.807) is 0 Å². The van der Waals surface area contributed by atoms with Crippen LogP contribution >= 0.6 is 0 Å². The number of nitrogens with one attached hydrogen (secondary N) is 1. The molecule has 0 fully saturated rings. The Morgan fingerprint density at radius 3 is 2.96 bits per heavy atom.